The first-order chi connectivity index (χ1) is 10.6. The van der Waals surface area contributed by atoms with Crippen molar-refractivity contribution >= 4 is 34.0 Å². The van der Waals surface area contributed by atoms with Crippen LogP contribution in [0.15, 0.2) is 22.8 Å². The van der Waals surface area contributed by atoms with Gasteiger partial charge in [0.2, 0.25) is 0 Å². The molecule has 1 unspecified atom stereocenters. The Morgan fingerprint density at radius 2 is 2.27 bits per heavy atom. The van der Waals surface area contributed by atoms with E-state index in [0.29, 0.717) is 12.8 Å². The number of hydrogen-bond acceptors (Lipinski definition) is 4. The molecular weight excluding hydrogens is 320 g/mol. The third kappa shape index (κ3) is 3.65. The third-order valence-electron chi connectivity index (χ3n) is 3.39. The van der Waals surface area contributed by atoms with E-state index in [2.05, 4.69) is 26.5 Å². The van der Waals surface area contributed by atoms with Gasteiger partial charge in [-0.25, -0.2) is 0 Å². The second kappa shape index (κ2) is 7.39. The molecule has 0 bridgehead atoms. The van der Waals surface area contributed by atoms with Gasteiger partial charge in [-0.2, -0.15) is 0 Å². The number of imide groups is 1. The standard InChI is InChI=1S/C16H18N2O3.Cr/c1-4-5-6-11-13(9-21-15(11)10(2)3)17-12-7-8-14(19)18-16(12)20;/h2,4-6,9,12,17H,7-8H2,1,3H3,(H,18,19,20);/b5-4?,11-6-,15-10-;. The van der Waals surface area contributed by atoms with Gasteiger partial charge in [0.05, 0.1) is 0 Å². The fraction of sp³-hybridized carbons (Fsp3) is 0.312. The summed E-state index contributed by atoms with van der Waals surface area (Å²) in [6.45, 7) is 3.87. The monoisotopic (exact) mass is 338 g/mol. The Labute approximate surface area is 136 Å². The molecule has 1 aromatic heterocycles. The molecule has 2 N–H and O–H groups in total. The summed E-state index contributed by atoms with van der Waals surface area (Å²) in [5.41, 5.74) is 2.45. The SMILES string of the molecule is CC=C/C=c1/c(NC2CCC(=O)NC2=O)co/c1=C(\C)[CH]=[Cr]. The van der Waals surface area contributed by atoms with E-state index in [9.17, 15) is 9.59 Å². The molecule has 116 valence electrons. The number of furan rings is 1. The molecule has 0 aliphatic carbocycles. The van der Waals surface area contributed by atoms with E-state index in [0.717, 1.165) is 21.9 Å². The fourth-order valence-corrected chi connectivity index (χ4v) is 2.38. The summed E-state index contributed by atoms with van der Waals surface area (Å²) >= 11 is 2.85. The number of nitrogens with one attached hydrogen (secondary N) is 2. The molecule has 2 rings (SSSR count). The van der Waals surface area contributed by atoms with Gasteiger partial charge in [0.25, 0.3) is 0 Å². The molecule has 2 amide bonds. The Morgan fingerprint density at radius 1 is 1.50 bits per heavy atom. The maximum absolute atomic E-state index is 11.9. The van der Waals surface area contributed by atoms with Gasteiger partial charge in [-0.15, -0.1) is 0 Å². The molecule has 1 aromatic rings. The summed E-state index contributed by atoms with van der Waals surface area (Å²) in [5, 5.41) is 6.39. The quantitative estimate of drug-likeness (QED) is 0.779. The summed E-state index contributed by atoms with van der Waals surface area (Å²) in [6.07, 6.45) is 8.18. The van der Waals surface area contributed by atoms with Crippen molar-refractivity contribution in [1.82, 2.24) is 5.32 Å². The van der Waals surface area contributed by atoms with Crippen LogP contribution in [0, 0.1) is 0 Å². The van der Waals surface area contributed by atoms with Crippen molar-refractivity contribution < 1.29 is 29.9 Å². The first-order valence-corrected chi connectivity index (χ1v) is 7.77. The van der Waals surface area contributed by atoms with Crippen LogP contribution in [0.3, 0.4) is 0 Å². The van der Waals surface area contributed by atoms with Gasteiger partial charge in [0.15, 0.2) is 0 Å². The molecular formula is C16H18CrN2O3. The number of carbonyl (C=O) groups excluding carboxylic acids is 2. The van der Waals surface area contributed by atoms with Gasteiger partial charge in [0, 0.05) is 0 Å². The fourth-order valence-electron chi connectivity index (χ4n) is 2.21. The number of hydrogen-bond donors (Lipinski definition) is 2. The molecule has 1 fully saturated rings. The van der Waals surface area contributed by atoms with E-state index in [1.54, 1.807) is 6.26 Å². The molecule has 1 atom stereocenters. The second-order valence-corrected chi connectivity index (χ2v) is 5.40. The first kappa shape index (κ1) is 16.5. The zero-order valence-electron chi connectivity index (χ0n) is 12.5. The molecule has 0 radical (unpaired) electrons. The van der Waals surface area contributed by atoms with E-state index in [1.165, 1.54) is 0 Å². The van der Waals surface area contributed by atoms with Crippen molar-refractivity contribution in [3.63, 3.8) is 0 Å². The number of allylic oxidation sites excluding steroid dienone is 2. The predicted molar refractivity (Wildman–Crippen MR) is 82.2 cm³/mol. The Kier molecular flexibility index (Phi) is 5.53. The number of amides is 2. The average Bonchev–Trinajstić information content (AvgIpc) is 2.90. The van der Waals surface area contributed by atoms with Gasteiger partial charge >= 0.3 is 136 Å². The van der Waals surface area contributed by atoms with Gasteiger partial charge < -0.3 is 0 Å². The predicted octanol–water partition coefficient (Wildman–Crippen LogP) is 0.373. The van der Waals surface area contributed by atoms with Gasteiger partial charge in [-0.3, -0.25) is 0 Å². The van der Waals surface area contributed by atoms with Gasteiger partial charge in [-0.1, -0.05) is 0 Å². The molecule has 6 heteroatoms. The first-order valence-electron chi connectivity index (χ1n) is 7.03. The number of carbonyl (C=O) groups is 2. The summed E-state index contributed by atoms with van der Waals surface area (Å²) in [6, 6.07) is -0.432. The van der Waals surface area contributed by atoms with Crippen LogP contribution in [0.1, 0.15) is 26.7 Å². The van der Waals surface area contributed by atoms with Crippen molar-refractivity contribution in [2.24, 2.45) is 0 Å². The second-order valence-electron chi connectivity index (χ2n) is 5.03. The molecule has 22 heavy (non-hydrogen) atoms. The molecule has 2 heterocycles. The third-order valence-corrected chi connectivity index (χ3v) is 3.94. The van der Waals surface area contributed by atoms with Crippen molar-refractivity contribution in [2.75, 3.05) is 5.32 Å². The number of rotatable bonds is 4. The van der Waals surface area contributed by atoms with Crippen LogP contribution in [0.5, 0.6) is 0 Å². The van der Waals surface area contributed by atoms with Crippen LogP contribution in [0.2, 0.25) is 0 Å². The number of anilines is 1. The minimum absolute atomic E-state index is 0.225. The minimum atomic E-state index is -0.432. The molecule has 1 aliphatic heterocycles. The molecule has 0 spiro atoms. The molecule has 5 nitrogen and oxygen atoms in total. The zero-order chi connectivity index (χ0) is 16.1. The van der Waals surface area contributed by atoms with Crippen LogP contribution in [0.25, 0.3) is 11.6 Å². The average molecular weight is 338 g/mol. The van der Waals surface area contributed by atoms with Gasteiger partial charge in [0.1, 0.15) is 0 Å². The molecule has 0 saturated carbocycles. The maximum atomic E-state index is 11.9. The van der Waals surface area contributed by atoms with E-state index >= 15 is 0 Å². The normalized spacial score (nSPS) is 21.0. The summed E-state index contributed by atoms with van der Waals surface area (Å²) in [5.74, 6) is -0.524. The van der Waals surface area contributed by atoms with Crippen LogP contribution in [0.4, 0.5) is 5.69 Å². The van der Waals surface area contributed by atoms with Crippen LogP contribution >= 0.6 is 0 Å². The summed E-state index contributed by atoms with van der Waals surface area (Å²) < 4.78 is 5.63. The Hall–Kier alpha value is -1.90. The Bertz CT molecular complexity index is 746. The Morgan fingerprint density at radius 3 is 2.91 bits per heavy atom. The van der Waals surface area contributed by atoms with Gasteiger partial charge in [-0.05, 0) is 0 Å². The molecule has 0 aromatic carbocycles. The summed E-state index contributed by atoms with van der Waals surface area (Å²) in [7, 11) is 0. The van der Waals surface area contributed by atoms with Crippen molar-refractivity contribution in [1.29, 1.82) is 0 Å². The summed E-state index contributed by atoms with van der Waals surface area (Å²) in [4.78, 5) is 24.9. The topological polar surface area (TPSA) is 71.3 Å². The van der Waals surface area contributed by atoms with Crippen molar-refractivity contribution in [3.05, 3.63) is 29.0 Å². The zero-order valence-corrected chi connectivity index (χ0v) is 13.8. The van der Waals surface area contributed by atoms with Crippen molar-refractivity contribution in [2.45, 2.75) is 32.7 Å². The van der Waals surface area contributed by atoms with Crippen molar-refractivity contribution in [3.8, 4) is 0 Å². The number of piperidine rings is 1. The van der Waals surface area contributed by atoms with E-state index in [-0.39, 0.29) is 11.8 Å². The van der Waals surface area contributed by atoms with E-state index in [4.69, 9.17) is 4.42 Å². The van der Waals surface area contributed by atoms with E-state index < -0.39 is 6.04 Å². The van der Waals surface area contributed by atoms with Crippen LogP contribution in [-0.4, -0.2) is 22.7 Å². The molecule has 1 saturated heterocycles. The van der Waals surface area contributed by atoms with Crippen LogP contribution < -0.4 is 21.3 Å². The Balaban J connectivity index is 2.40. The molecule has 1 aliphatic rings. The van der Waals surface area contributed by atoms with Crippen LogP contribution in [-0.2, 0) is 25.4 Å². The van der Waals surface area contributed by atoms with E-state index in [1.807, 2.05) is 37.0 Å².